The molecule has 33 heavy (non-hydrogen) atoms. The number of hydrogen-bond acceptors (Lipinski definition) is 6. The molecule has 0 bridgehead atoms. The number of anilines is 2. The summed E-state index contributed by atoms with van der Waals surface area (Å²) in [7, 11) is 3.02. The molecule has 0 unspecified atom stereocenters. The number of esters is 1. The normalized spacial score (nSPS) is 12.1. The minimum Gasteiger partial charge on any atom is -0.497 e. The Labute approximate surface area is 196 Å². The molecule has 4 aromatic rings. The lowest BCUT2D eigenvalue weighted by atomic mass is 10.0. The van der Waals surface area contributed by atoms with Crippen molar-refractivity contribution >= 4 is 44.8 Å². The van der Waals surface area contributed by atoms with Gasteiger partial charge in [0, 0.05) is 21.8 Å². The van der Waals surface area contributed by atoms with Crippen LogP contribution in [0.5, 0.6) is 5.75 Å². The van der Waals surface area contributed by atoms with Gasteiger partial charge < -0.3 is 19.9 Å². The summed E-state index contributed by atoms with van der Waals surface area (Å²) in [6.45, 7) is 1.78. The summed E-state index contributed by atoms with van der Waals surface area (Å²) in [6, 6.07) is 21.7. The first-order chi connectivity index (χ1) is 16.0. The van der Waals surface area contributed by atoms with E-state index in [1.54, 1.807) is 31.4 Å². The Morgan fingerprint density at radius 3 is 2.52 bits per heavy atom. The molecule has 0 spiro atoms. The van der Waals surface area contributed by atoms with Gasteiger partial charge in [0.1, 0.15) is 5.75 Å². The number of fused-ring (bicyclic) bond motifs is 1. The zero-order chi connectivity index (χ0) is 23.4. The Hall–Kier alpha value is -3.61. The van der Waals surface area contributed by atoms with E-state index in [9.17, 15) is 9.90 Å². The summed E-state index contributed by atoms with van der Waals surface area (Å²) < 4.78 is 11.2. The van der Waals surface area contributed by atoms with Crippen LogP contribution in [0, 0.1) is 0 Å². The summed E-state index contributed by atoms with van der Waals surface area (Å²) in [5, 5.41) is 15.0. The van der Waals surface area contributed by atoms with Crippen molar-refractivity contribution in [2.45, 2.75) is 13.0 Å². The Morgan fingerprint density at radius 2 is 1.82 bits per heavy atom. The van der Waals surface area contributed by atoms with E-state index in [0.29, 0.717) is 0 Å². The molecule has 4 rings (SSSR count). The first kappa shape index (κ1) is 22.6. The number of aliphatic hydroxyl groups excluding tert-OH is 1. The molecule has 2 N–H and O–H groups in total. The van der Waals surface area contributed by atoms with Crippen molar-refractivity contribution in [1.82, 2.24) is 0 Å². The van der Waals surface area contributed by atoms with E-state index in [4.69, 9.17) is 4.74 Å². The van der Waals surface area contributed by atoms with Gasteiger partial charge in [0.25, 0.3) is 0 Å². The molecule has 168 valence electrons. The molecule has 3 aromatic carbocycles. The molecular weight excluding hydrogens is 434 g/mol. The highest BCUT2D eigenvalue weighted by molar-refractivity contribution is 7.23. The maximum absolute atomic E-state index is 11.3. The van der Waals surface area contributed by atoms with Gasteiger partial charge in [0.05, 0.1) is 30.9 Å². The van der Waals surface area contributed by atoms with E-state index in [0.717, 1.165) is 48.8 Å². The fraction of sp³-hybridized carbons (Fsp3) is 0.148. The minimum absolute atomic E-state index is 0.390. The molecule has 0 aliphatic carbocycles. The number of methoxy groups -OCH3 is 2. The third-order valence-corrected chi connectivity index (χ3v) is 6.53. The Kier molecular flexibility index (Phi) is 6.77. The third kappa shape index (κ3) is 4.92. The van der Waals surface area contributed by atoms with Crippen LogP contribution in [0.25, 0.3) is 26.6 Å². The van der Waals surface area contributed by atoms with E-state index < -0.39 is 12.1 Å². The fourth-order valence-electron chi connectivity index (χ4n) is 3.64. The van der Waals surface area contributed by atoms with Gasteiger partial charge in [-0.25, -0.2) is 4.79 Å². The number of carbonyl (C=O) groups excluding carboxylic acids is 1. The SMILES string of the molecule is COC(=O)/C=C/c1ccc(Nc2c(-c3ccccc3[C@@H](C)O)sc3cc(OC)ccc23)cc1. The average molecular weight is 460 g/mol. The van der Waals surface area contributed by atoms with E-state index in [2.05, 4.69) is 16.1 Å². The Morgan fingerprint density at radius 1 is 1.06 bits per heavy atom. The standard InChI is InChI=1S/C27H25NO4S/c1-17(29)21-6-4-5-7-22(21)27-26(23-14-13-20(31-2)16-24(23)33-27)28-19-11-8-18(9-12-19)10-15-25(30)32-3/h4-17,28-29H,1-3H3/b15-10+/t17-/m1/s1. The maximum atomic E-state index is 11.3. The highest BCUT2D eigenvalue weighted by atomic mass is 32.1. The van der Waals surface area contributed by atoms with Crippen molar-refractivity contribution in [3.05, 3.63) is 83.9 Å². The van der Waals surface area contributed by atoms with Crippen LogP contribution in [0.2, 0.25) is 0 Å². The van der Waals surface area contributed by atoms with Gasteiger partial charge in [-0.15, -0.1) is 11.3 Å². The topological polar surface area (TPSA) is 67.8 Å². The van der Waals surface area contributed by atoms with Crippen LogP contribution in [-0.4, -0.2) is 25.3 Å². The lowest BCUT2D eigenvalue weighted by Gasteiger charge is -2.14. The molecular formula is C27H25NO4S. The first-order valence-corrected chi connectivity index (χ1v) is 11.3. The van der Waals surface area contributed by atoms with Crippen LogP contribution in [0.3, 0.4) is 0 Å². The number of aliphatic hydroxyl groups is 1. The molecule has 1 heterocycles. The molecule has 0 radical (unpaired) electrons. The van der Waals surface area contributed by atoms with E-state index in [-0.39, 0.29) is 0 Å². The molecule has 0 amide bonds. The van der Waals surface area contributed by atoms with Gasteiger partial charge >= 0.3 is 5.97 Å². The molecule has 0 aliphatic rings. The van der Waals surface area contributed by atoms with Gasteiger partial charge in [0.15, 0.2) is 0 Å². The van der Waals surface area contributed by atoms with Crippen LogP contribution < -0.4 is 10.1 Å². The quantitative estimate of drug-likeness (QED) is 0.242. The van der Waals surface area contributed by atoms with Gasteiger partial charge in [-0.1, -0.05) is 36.4 Å². The summed E-state index contributed by atoms with van der Waals surface area (Å²) in [6.07, 6.45) is 2.52. The van der Waals surface area contributed by atoms with Crippen molar-refractivity contribution in [2.24, 2.45) is 0 Å². The molecule has 6 heteroatoms. The second-order valence-electron chi connectivity index (χ2n) is 7.54. The number of rotatable bonds is 7. The van der Waals surface area contributed by atoms with Gasteiger partial charge in [0.2, 0.25) is 0 Å². The lowest BCUT2D eigenvalue weighted by Crippen LogP contribution is -1.96. The van der Waals surface area contributed by atoms with Crippen molar-refractivity contribution in [1.29, 1.82) is 0 Å². The molecule has 0 saturated heterocycles. The molecule has 0 fully saturated rings. The molecule has 0 saturated carbocycles. The molecule has 0 aliphatic heterocycles. The maximum Gasteiger partial charge on any atom is 0.330 e. The summed E-state index contributed by atoms with van der Waals surface area (Å²) in [4.78, 5) is 12.4. The van der Waals surface area contributed by atoms with E-state index in [1.165, 1.54) is 13.2 Å². The van der Waals surface area contributed by atoms with Crippen molar-refractivity contribution in [3.63, 3.8) is 0 Å². The molecule has 1 aromatic heterocycles. The van der Waals surface area contributed by atoms with Crippen LogP contribution >= 0.6 is 11.3 Å². The third-order valence-electron chi connectivity index (χ3n) is 5.35. The predicted octanol–water partition coefficient (Wildman–Crippen LogP) is 6.56. The number of ether oxygens (including phenoxy) is 2. The fourth-order valence-corrected chi connectivity index (χ4v) is 4.87. The van der Waals surface area contributed by atoms with Crippen LogP contribution in [0.1, 0.15) is 24.2 Å². The van der Waals surface area contributed by atoms with Crippen molar-refractivity contribution in [2.75, 3.05) is 19.5 Å². The van der Waals surface area contributed by atoms with E-state index in [1.807, 2.05) is 60.7 Å². The number of benzene rings is 3. The Bertz CT molecular complexity index is 1310. The zero-order valence-electron chi connectivity index (χ0n) is 18.7. The lowest BCUT2D eigenvalue weighted by molar-refractivity contribution is -0.134. The zero-order valence-corrected chi connectivity index (χ0v) is 19.5. The second-order valence-corrected chi connectivity index (χ2v) is 8.59. The van der Waals surface area contributed by atoms with Crippen LogP contribution in [0.4, 0.5) is 11.4 Å². The highest BCUT2D eigenvalue weighted by Crippen LogP contribution is 2.46. The largest absolute Gasteiger partial charge is 0.497 e. The number of thiophene rings is 1. The van der Waals surface area contributed by atoms with Crippen LogP contribution in [-0.2, 0) is 9.53 Å². The number of nitrogens with one attached hydrogen (secondary N) is 1. The Balaban J connectivity index is 1.77. The predicted molar refractivity (Wildman–Crippen MR) is 135 cm³/mol. The molecule has 1 atom stereocenters. The number of hydrogen-bond donors (Lipinski definition) is 2. The van der Waals surface area contributed by atoms with Crippen molar-refractivity contribution in [3.8, 4) is 16.2 Å². The highest BCUT2D eigenvalue weighted by Gasteiger charge is 2.19. The van der Waals surface area contributed by atoms with Crippen molar-refractivity contribution < 1.29 is 19.4 Å². The smallest absolute Gasteiger partial charge is 0.330 e. The van der Waals surface area contributed by atoms with Gasteiger partial charge in [-0.05, 0) is 60.0 Å². The van der Waals surface area contributed by atoms with Crippen LogP contribution in [0.15, 0.2) is 72.8 Å². The van der Waals surface area contributed by atoms with Gasteiger partial charge in [-0.3, -0.25) is 0 Å². The first-order valence-electron chi connectivity index (χ1n) is 10.5. The second kappa shape index (κ2) is 9.90. The summed E-state index contributed by atoms with van der Waals surface area (Å²) in [5.41, 5.74) is 4.65. The summed E-state index contributed by atoms with van der Waals surface area (Å²) in [5.74, 6) is 0.409. The average Bonchev–Trinajstić information content (AvgIpc) is 3.20. The number of carbonyl (C=O) groups is 1. The monoisotopic (exact) mass is 459 g/mol. The molecule has 5 nitrogen and oxygen atoms in total. The minimum atomic E-state index is -0.588. The van der Waals surface area contributed by atoms with E-state index >= 15 is 0 Å². The summed E-state index contributed by atoms with van der Waals surface area (Å²) >= 11 is 1.66. The van der Waals surface area contributed by atoms with Gasteiger partial charge in [-0.2, -0.15) is 0 Å².